The molecule has 0 aliphatic carbocycles. The first-order valence-electron chi connectivity index (χ1n) is 9.84. The van der Waals surface area contributed by atoms with E-state index in [0.717, 1.165) is 11.4 Å². The van der Waals surface area contributed by atoms with Gasteiger partial charge in [0.25, 0.3) is 0 Å². The Bertz CT molecular complexity index is 1380. The van der Waals surface area contributed by atoms with Crippen molar-refractivity contribution in [1.82, 2.24) is 25.0 Å². The van der Waals surface area contributed by atoms with Crippen molar-refractivity contribution in [3.05, 3.63) is 83.9 Å². The lowest BCUT2D eigenvalue weighted by Gasteiger charge is -2.10. The summed E-state index contributed by atoms with van der Waals surface area (Å²) in [5.41, 5.74) is 3.78. The van der Waals surface area contributed by atoms with Gasteiger partial charge in [-0.3, -0.25) is 4.79 Å². The van der Waals surface area contributed by atoms with E-state index in [4.69, 9.17) is 4.74 Å². The smallest absolute Gasteiger partial charge is 0.222 e. The monoisotopic (exact) mass is 410 g/mol. The molecule has 152 valence electrons. The van der Waals surface area contributed by atoms with Crippen LogP contribution in [0.5, 0.6) is 5.75 Å². The fourth-order valence-electron chi connectivity index (χ4n) is 3.37. The van der Waals surface area contributed by atoms with Gasteiger partial charge >= 0.3 is 0 Å². The number of ether oxygens (including phenoxy) is 1. The molecule has 0 aliphatic rings. The van der Waals surface area contributed by atoms with Crippen molar-refractivity contribution < 1.29 is 9.53 Å². The van der Waals surface area contributed by atoms with Crippen LogP contribution in [-0.2, 0) is 0 Å². The third kappa shape index (κ3) is 3.55. The Morgan fingerprint density at radius 1 is 1.00 bits per heavy atom. The van der Waals surface area contributed by atoms with Crippen LogP contribution >= 0.6 is 0 Å². The number of hydrogen-bond acceptors (Lipinski definition) is 7. The Labute approximate surface area is 177 Å². The van der Waals surface area contributed by atoms with Crippen molar-refractivity contribution in [2.45, 2.75) is 6.92 Å². The minimum atomic E-state index is -0.0692. The Hall–Kier alpha value is -4.33. The number of rotatable bonds is 6. The molecule has 0 spiro atoms. The van der Waals surface area contributed by atoms with Crippen molar-refractivity contribution in [1.29, 1.82) is 0 Å². The summed E-state index contributed by atoms with van der Waals surface area (Å²) in [7, 11) is 0. The number of nitrogens with one attached hydrogen (secondary N) is 1. The van der Waals surface area contributed by atoms with Crippen molar-refractivity contribution in [3.8, 4) is 5.75 Å². The molecule has 0 saturated carbocycles. The summed E-state index contributed by atoms with van der Waals surface area (Å²) in [6.45, 7) is 2.55. The normalized spacial score (nSPS) is 11.0. The predicted molar refractivity (Wildman–Crippen MR) is 117 cm³/mol. The number of fused-ring (bicyclic) bond motifs is 3. The summed E-state index contributed by atoms with van der Waals surface area (Å²) in [6, 6.07) is 22.0. The number of carbonyl (C=O) groups excluding carboxylic acids is 1. The quantitative estimate of drug-likeness (QED) is 0.422. The van der Waals surface area contributed by atoms with Gasteiger partial charge in [0.1, 0.15) is 5.75 Å². The average molecular weight is 410 g/mol. The maximum absolute atomic E-state index is 12.8. The Morgan fingerprint density at radius 3 is 2.58 bits per heavy atom. The molecule has 0 saturated heterocycles. The maximum Gasteiger partial charge on any atom is 0.222 e. The lowest BCUT2D eigenvalue weighted by molar-refractivity contribution is 0.103. The number of hydrogen-bond donors (Lipinski definition) is 1. The van der Waals surface area contributed by atoms with E-state index in [9.17, 15) is 4.79 Å². The Balaban J connectivity index is 1.54. The number of ketones is 1. The molecule has 0 radical (unpaired) electrons. The fraction of sp³-hybridized carbons (Fsp3) is 0.0870. The highest BCUT2D eigenvalue weighted by Gasteiger charge is 2.15. The molecule has 0 unspecified atom stereocenters. The SMILES string of the molecule is CCOc1ccc(Nc2nc3ccc(C(=O)c4ccccc4)cc3n3nnnc23)cc1. The highest BCUT2D eigenvalue weighted by molar-refractivity contribution is 6.10. The van der Waals surface area contributed by atoms with Crippen LogP contribution in [0.1, 0.15) is 22.8 Å². The van der Waals surface area contributed by atoms with Crippen LogP contribution in [0.4, 0.5) is 11.5 Å². The number of tetrazole rings is 1. The number of nitrogens with zero attached hydrogens (tertiary/aromatic N) is 5. The molecular formula is C23H18N6O2. The molecule has 0 atom stereocenters. The molecule has 8 heteroatoms. The summed E-state index contributed by atoms with van der Waals surface area (Å²) >= 11 is 0. The van der Waals surface area contributed by atoms with Crippen molar-refractivity contribution >= 4 is 34.0 Å². The van der Waals surface area contributed by atoms with Gasteiger partial charge in [-0.2, -0.15) is 4.52 Å². The van der Waals surface area contributed by atoms with E-state index >= 15 is 0 Å². The summed E-state index contributed by atoms with van der Waals surface area (Å²) < 4.78 is 7.07. The topological polar surface area (TPSA) is 94.3 Å². The van der Waals surface area contributed by atoms with Gasteiger partial charge in [-0.15, -0.1) is 5.10 Å². The molecule has 31 heavy (non-hydrogen) atoms. The standard InChI is InChI=1S/C23H18N6O2/c1-2-31-18-11-9-17(10-12-18)24-22-23-26-27-28-29(23)20-14-16(8-13-19(20)25-22)21(30)15-6-4-3-5-7-15/h3-14H,2H2,1H3,(H,24,25). The van der Waals surface area contributed by atoms with Gasteiger partial charge in [0, 0.05) is 16.8 Å². The minimum Gasteiger partial charge on any atom is -0.494 e. The van der Waals surface area contributed by atoms with Crippen molar-refractivity contribution in [2.24, 2.45) is 0 Å². The molecule has 5 aromatic rings. The summed E-state index contributed by atoms with van der Waals surface area (Å²) in [6.07, 6.45) is 0. The van der Waals surface area contributed by atoms with Crippen LogP contribution in [0.3, 0.4) is 0 Å². The van der Waals surface area contributed by atoms with Crippen LogP contribution in [0, 0.1) is 0 Å². The van der Waals surface area contributed by atoms with E-state index in [0.29, 0.717) is 40.2 Å². The second-order valence-corrected chi connectivity index (χ2v) is 6.86. The number of benzene rings is 3. The van der Waals surface area contributed by atoms with E-state index in [-0.39, 0.29) is 5.78 Å². The van der Waals surface area contributed by atoms with Gasteiger partial charge < -0.3 is 10.1 Å². The van der Waals surface area contributed by atoms with Crippen LogP contribution in [0.15, 0.2) is 72.8 Å². The first-order valence-corrected chi connectivity index (χ1v) is 9.84. The third-order valence-corrected chi connectivity index (χ3v) is 4.84. The summed E-state index contributed by atoms with van der Waals surface area (Å²) in [5.74, 6) is 1.24. The zero-order valence-corrected chi connectivity index (χ0v) is 16.7. The molecule has 8 nitrogen and oxygen atoms in total. The number of carbonyl (C=O) groups is 1. The fourth-order valence-corrected chi connectivity index (χ4v) is 3.37. The second kappa shape index (κ2) is 7.83. The Morgan fingerprint density at radius 2 is 1.81 bits per heavy atom. The van der Waals surface area contributed by atoms with Gasteiger partial charge in [-0.05, 0) is 59.8 Å². The second-order valence-electron chi connectivity index (χ2n) is 6.86. The summed E-state index contributed by atoms with van der Waals surface area (Å²) in [5, 5.41) is 15.3. The molecule has 2 aromatic heterocycles. The van der Waals surface area contributed by atoms with Gasteiger partial charge in [-0.25, -0.2) is 4.98 Å². The molecule has 0 fully saturated rings. The van der Waals surface area contributed by atoms with E-state index in [1.54, 1.807) is 34.8 Å². The minimum absolute atomic E-state index is 0.0692. The molecule has 0 aliphatic heterocycles. The first kappa shape index (κ1) is 18.7. The van der Waals surface area contributed by atoms with Crippen molar-refractivity contribution in [2.75, 3.05) is 11.9 Å². The van der Waals surface area contributed by atoms with Gasteiger partial charge in [0.05, 0.1) is 17.6 Å². The lowest BCUT2D eigenvalue weighted by Crippen LogP contribution is -2.04. The number of aromatic nitrogens is 5. The van der Waals surface area contributed by atoms with Crippen LogP contribution < -0.4 is 10.1 Å². The summed E-state index contributed by atoms with van der Waals surface area (Å²) in [4.78, 5) is 17.5. The molecule has 2 heterocycles. The van der Waals surface area contributed by atoms with Gasteiger partial charge in [0.15, 0.2) is 11.6 Å². The van der Waals surface area contributed by atoms with Crippen LogP contribution in [0.2, 0.25) is 0 Å². The van der Waals surface area contributed by atoms with Crippen LogP contribution in [-0.4, -0.2) is 37.4 Å². The molecule has 0 bridgehead atoms. The molecule has 5 rings (SSSR count). The lowest BCUT2D eigenvalue weighted by atomic mass is 10.0. The van der Waals surface area contributed by atoms with Crippen molar-refractivity contribution in [3.63, 3.8) is 0 Å². The van der Waals surface area contributed by atoms with Gasteiger partial charge in [-0.1, -0.05) is 30.3 Å². The third-order valence-electron chi connectivity index (χ3n) is 4.84. The Kier molecular flexibility index (Phi) is 4.72. The largest absolute Gasteiger partial charge is 0.494 e. The van der Waals surface area contributed by atoms with Crippen LogP contribution in [0.25, 0.3) is 16.7 Å². The molecule has 1 N–H and O–H groups in total. The van der Waals surface area contributed by atoms with E-state index in [2.05, 4.69) is 25.8 Å². The van der Waals surface area contributed by atoms with E-state index in [1.165, 1.54) is 0 Å². The van der Waals surface area contributed by atoms with E-state index < -0.39 is 0 Å². The zero-order valence-electron chi connectivity index (χ0n) is 16.7. The maximum atomic E-state index is 12.8. The molecule has 3 aromatic carbocycles. The zero-order chi connectivity index (χ0) is 21.2. The van der Waals surface area contributed by atoms with E-state index in [1.807, 2.05) is 49.4 Å². The first-order chi connectivity index (χ1) is 15.2. The van der Waals surface area contributed by atoms with Gasteiger partial charge in [0.2, 0.25) is 5.65 Å². The highest BCUT2D eigenvalue weighted by atomic mass is 16.5. The highest BCUT2D eigenvalue weighted by Crippen LogP contribution is 2.25. The molecule has 0 amide bonds. The molecular weight excluding hydrogens is 392 g/mol. The predicted octanol–water partition coefficient (Wildman–Crippen LogP) is 4.05. The average Bonchev–Trinajstić information content (AvgIpc) is 3.31. The number of anilines is 2.